The lowest BCUT2D eigenvalue weighted by atomic mass is 9.99. The van der Waals surface area contributed by atoms with Crippen LogP contribution in [0.15, 0.2) is 42.0 Å². The molecule has 1 atom stereocenters. The Hall–Kier alpha value is -1.86. The molecule has 3 rings (SSSR count). The van der Waals surface area contributed by atoms with Gasteiger partial charge in [0.15, 0.2) is 4.96 Å². The molecule has 1 N–H and O–H groups in total. The van der Waals surface area contributed by atoms with Crippen LogP contribution in [0.3, 0.4) is 0 Å². The number of thiazole rings is 1. The van der Waals surface area contributed by atoms with Gasteiger partial charge in [-0.15, -0.1) is 11.3 Å². The Kier molecular flexibility index (Phi) is 3.46. The number of imidazole rings is 1. The van der Waals surface area contributed by atoms with Gasteiger partial charge >= 0.3 is 6.18 Å². The summed E-state index contributed by atoms with van der Waals surface area (Å²) in [6.07, 6.45) is -2.15. The van der Waals surface area contributed by atoms with E-state index in [1.807, 2.05) is 11.6 Å². The maximum absolute atomic E-state index is 12.9. The molecule has 0 radical (unpaired) electrons. The molecule has 0 amide bonds. The van der Waals surface area contributed by atoms with Crippen molar-refractivity contribution < 1.29 is 18.3 Å². The average Bonchev–Trinajstić information content (AvgIpc) is 2.98. The lowest BCUT2D eigenvalue weighted by Gasteiger charge is -2.16. The number of nitrogens with zero attached hydrogens (tertiary/aromatic N) is 2. The fourth-order valence-corrected chi connectivity index (χ4v) is 2.95. The van der Waals surface area contributed by atoms with Gasteiger partial charge in [-0.25, -0.2) is 4.98 Å². The van der Waals surface area contributed by atoms with Crippen LogP contribution in [-0.4, -0.2) is 14.5 Å². The van der Waals surface area contributed by atoms with E-state index in [-0.39, 0.29) is 12.0 Å². The lowest BCUT2D eigenvalue weighted by molar-refractivity contribution is -0.139. The number of fused-ring (bicyclic) bond motifs is 1. The zero-order chi connectivity index (χ0) is 15.0. The molecule has 110 valence electrons. The SMILES string of the molecule is OC(Cc1cn2ccsc2n1)c1ccccc1C(F)(F)F. The van der Waals surface area contributed by atoms with Crippen molar-refractivity contribution in [2.24, 2.45) is 0 Å². The summed E-state index contributed by atoms with van der Waals surface area (Å²) in [5.74, 6) is 0. The molecule has 0 bridgehead atoms. The topological polar surface area (TPSA) is 37.5 Å². The molecule has 0 spiro atoms. The van der Waals surface area contributed by atoms with E-state index in [1.54, 1.807) is 10.6 Å². The fraction of sp³-hybridized carbons (Fsp3) is 0.214. The third-order valence-corrected chi connectivity index (χ3v) is 3.94. The summed E-state index contributed by atoms with van der Waals surface area (Å²) in [5.41, 5.74) is -0.369. The third kappa shape index (κ3) is 2.79. The van der Waals surface area contributed by atoms with Crippen molar-refractivity contribution in [3.05, 3.63) is 58.9 Å². The third-order valence-electron chi connectivity index (χ3n) is 3.17. The molecule has 1 aromatic carbocycles. The van der Waals surface area contributed by atoms with Gasteiger partial charge < -0.3 is 5.11 Å². The maximum atomic E-state index is 12.9. The van der Waals surface area contributed by atoms with Crippen LogP contribution in [0.5, 0.6) is 0 Å². The molecule has 0 saturated carbocycles. The summed E-state index contributed by atoms with van der Waals surface area (Å²) in [4.78, 5) is 5.02. The van der Waals surface area contributed by atoms with E-state index < -0.39 is 17.8 Å². The first-order valence-corrected chi connectivity index (χ1v) is 7.08. The molecule has 21 heavy (non-hydrogen) atoms. The summed E-state index contributed by atoms with van der Waals surface area (Å²) in [5, 5.41) is 12.0. The minimum Gasteiger partial charge on any atom is -0.388 e. The van der Waals surface area contributed by atoms with E-state index >= 15 is 0 Å². The van der Waals surface area contributed by atoms with E-state index in [1.165, 1.54) is 29.5 Å². The van der Waals surface area contributed by atoms with Gasteiger partial charge in [0, 0.05) is 24.2 Å². The number of benzene rings is 1. The second-order valence-electron chi connectivity index (χ2n) is 4.63. The van der Waals surface area contributed by atoms with Crippen molar-refractivity contribution in [2.75, 3.05) is 0 Å². The number of aliphatic hydroxyl groups excluding tert-OH is 1. The summed E-state index contributed by atoms with van der Waals surface area (Å²) in [7, 11) is 0. The molecule has 2 heterocycles. The zero-order valence-electron chi connectivity index (χ0n) is 10.7. The monoisotopic (exact) mass is 312 g/mol. The number of alkyl halides is 3. The van der Waals surface area contributed by atoms with Crippen molar-refractivity contribution in [1.29, 1.82) is 0 Å². The van der Waals surface area contributed by atoms with Crippen molar-refractivity contribution in [1.82, 2.24) is 9.38 Å². The van der Waals surface area contributed by atoms with Gasteiger partial charge in [-0.3, -0.25) is 4.40 Å². The van der Waals surface area contributed by atoms with Crippen molar-refractivity contribution in [2.45, 2.75) is 18.7 Å². The molecular formula is C14H11F3N2OS. The predicted molar refractivity (Wildman–Crippen MR) is 73.2 cm³/mol. The Morgan fingerprint density at radius 2 is 2.05 bits per heavy atom. The van der Waals surface area contributed by atoms with E-state index in [0.29, 0.717) is 5.69 Å². The molecule has 3 aromatic rings. The van der Waals surface area contributed by atoms with Crippen LogP contribution in [-0.2, 0) is 12.6 Å². The minimum atomic E-state index is -4.48. The molecule has 1 unspecified atom stereocenters. The first-order valence-electron chi connectivity index (χ1n) is 6.20. The molecule has 0 aliphatic carbocycles. The number of rotatable bonds is 3. The summed E-state index contributed by atoms with van der Waals surface area (Å²) < 4.78 is 40.6. The zero-order valence-corrected chi connectivity index (χ0v) is 11.5. The molecule has 7 heteroatoms. The Labute approximate surface area is 122 Å². The van der Waals surface area contributed by atoms with Crippen LogP contribution in [0.1, 0.15) is 22.9 Å². The Balaban J connectivity index is 1.88. The van der Waals surface area contributed by atoms with E-state index in [4.69, 9.17) is 0 Å². The molecule has 3 nitrogen and oxygen atoms in total. The number of hydrogen-bond donors (Lipinski definition) is 1. The fourth-order valence-electron chi connectivity index (χ4n) is 2.23. The number of hydrogen-bond acceptors (Lipinski definition) is 3. The largest absolute Gasteiger partial charge is 0.416 e. The van der Waals surface area contributed by atoms with E-state index in [9.17, 15) is 18.3 Å². The van der Waals surface area contributed by atoms with Gasteiger partial charge in [0.05, 0.1) is 17.4 Å². The highest BCUT2D eigenvalue weighted by atomic mass is 32.1. The van der Waals surface area contributed by atoms with Crippen LogP contribution in [0.2, 0.25) is 0 Å². The minimum absolute atomic E-state index is 0.0431. The smallest absolute Gasteiger partial charge is 0.388 e. The Bertz CT molecular complexity index is 734. The van der Waals surface area contributed by atoms with Crippen LogP contribution in [0, 0.1) is 0 Å². The van der Waals surface area contributed by atoms with Crippen LogP contribution >= 0.6 is 11.3 Å². The molecule has 0 aliphatic rings. The second-order valence-corrected chi connectivity index (χ2v) is 5.50. The van der Waals surface area contributed by atoms with Gasteiger partial charge in [0.2, 0.25) is 0 Å². The quantitative estimate of drug-likeness (QED) is 0.801. The Morgan fingerprint density at radius 3 is 2.76 bits per heavy atom. The van der Waals surface area contributed by atoms with E-state index in [0.717, 1.165) is 11.0 Å². The van der Waals surface area contributed by atoms with Crippen LogP contribution < -0.4 is 0 Å². The summed E-state index contributed by atoms with van der Waals surface area (Å²) in [6.45, 7) is 0. The Morgan fingerprint density at radius 1 is 1.29 bits per heavy atom. The van der Waals surface area contributed by atoms with Gasteiger partial charge in [-0.2, -0.15) is 13.2 Å². The highest BCUT2D eigenvalue weighted by Crippen LogP contribution is 2.35. The summed E-state index contributed by atoms with van der Waals surface area (Å²) >= 11 is 1.43. The van der Waals surface area contributed by atoms with Crippen LogP contribution in [0.4, 0.5) is 13.2 Å². The standard InChI is InChI=1S/C14H11F3N2OS/c15-14(16,17)11-4-2-1-3-10(11)12(20)7-9-8-19-5-6-21-13(19)18-9/h1-6,8,12,20H,7H2. The van der Waals surface area contributed by atoms with Gasteiger partial charge in [0.25, 0.3) is 0 Å². The lowest BCUT2D eigenvalue weighted by Crippen LogP contribution is -2.13. The highest BCUT2D eigenvalue weighted by molar-refractivity contribution is 7.15. The normalized spacial score (nSPS) is 13.7. The first-order chi connectivity index (χ1) is 9.95. The number of aliphatic hydroxyl groups is 1. The molecular weight excluding hydrogens is 301 g/mol. The van der Waals surface area contributed by atoms with Gasteiger partial charge in [-0.1, -0.05) is 18.2 Å². The molecule has 0 aliphatic heterocycles. The van der Waals surface area contributed by atoms with Crippen molar-refractivity contribution in [3.8, 4) is 0 Å². The van der Waals surface area contributed by atoms with Crippen molar-refractivity contribution in [3.63, 3.8) is 0 Å². The van der Waals surface area contributed by atoms with Crippen molar-refractivity contribution >= 4 is 16.3 Å². The number of aromatic nitrogens is 2. The van der Waals surface area contributed by atoms with Gasteiger partial charge in [0.1, 0.15) is 0 Å². The molecule has 2 aromatic heterocycles. The average molecular weight is 312 g/mol. The maximum Gasteiger partial charge on any atom is 0.416 e. The molecule has 0 saturated heterocycles. The first kappa shape index (κ1) is 14.1. The van der Waals surface area contributed by atoms with Crippen LogP contribution in [0.25, 0.3) is 4.96 Å². The van der Waals surface area contributed by atoms with E-state index in [2.05, 4.69) is 4.98 Å². The number of halogens is 3. The second kappa shape index (κ2) is 5.16. The summed E-state index contributed by atoms with van der Waals surface area (Å²) in [6, 6.07) is 5.07. The molecule has 0 fully saturated rings. The highest BCUT2D eigenvalue weighted by Gasteiger charge is 2.34. The predicted octanol–water partition coefficient (Wildman–Crippen LogP) is 3.69. The van der Waals surface area contributed by atoms with Gasteiger partial charge in [-0.05, 0) is 11.6 Å².